The molecule has 0 radical (unpaired) electrons. The molecule has 3 heterocycles. The van der Waals surface area contributed by atoms with E-state index in [4.69, 9.17) is 9.47 Å². The van der Waals surface area contributed by atoms with Gasteiger partial charge in [-0.3, -0.25) is 19.4 Å². The average Bonchev–Trinajstić information content (AvgIpc) is 3.31. The van der Waals surface area contributed by atoms with Crippen LogP contribution in [0, 0.1) is 0 Å². The normalized spacial score (nSPS) is 16.2. The quantitative estimate of drug-likeness (QED) is 0.447. The molecule has 0 saturated carbocycles. The molecule has 0 N–H and O–H groups in total. The molecule has 1 aliphatic rings. The molecule has 0 bridgehead atoms. The van der Waals surface area contributed by atoms with Crippen molar-refractivity contribution >= 4 is 28.9 Å². The van der Waals surface area contributed by atoms with Gasteiger partial charge in [-0.15, -0.1) is 11.3 Å². The molecule has 1 fully saturated rings. The van der Waals surface area contributed by atoms with E-state index >= 15 is 0 Å². The van der Waals surface area contributed by atoms with Gasteiger partial charge in [-0.05, 0) is 42.8 Å². The second kappa shape index (κ2) is 11.2. The Hall–Kier alpha value is -3.56. The van der Waals surface area contributed by atoms with Crippen LogP contribution in [-0.2, 0) is 22.7 Å². The minimum absolute atomic E-state index is 0.0735. The molecule has 1 aromatic carbocycles. The maximum Gasteiger partial charge on any atom is 0.255 e. The molecule has 2 aromatic heterocycles. The van der Waals surface area contributed by atoms with Gasteiger partial charge < -0.3 is 19.3 Å². The minimum Gasteiger partial charge on any atom is -0.497 e. The Morgan fingerprint density at radius 1 is 1.14 bits per heavy atom. The summed E-state index contributed by atoms with van der Waals surface area (Å²) < 4.78 is 11.5. The minimum atomic E-state index is -0.411. The summed E-state index contributed by atoms with van der Waals surface area (Å²) in [4.78, 5) is 46.2. The highest BCUT2D eigenvalue weighted by Crippen LogP contribution is 2.20. The third-order valence-corrected chi connectivity index (χ3v) is 6.74. The van der Waals surface area contributed by atoms with Gasteiger partial charge in [0.15, 0.2) is 5.78 Å². The SMILES string of the molecule is COc1cccc(CO[C@@H]2CN(Cc3ccccn3)C(=O)CN(C(=O)c3csc(C(C)=O)c3)C2)c1. The van der Waals surface area contributed by atoms with Gasteiger partial charge in [-0.25, -0.2) is 0 Å². The fourth-order valence-electron chi connectivity index (χ4n) is 3.87. The van der Waals surface area contributed by atoms with Gasteiger partial charge in [0, 0.05) is 24.7 Å². The molecule has 3 aromatic rings. The van der Waals surface area contributed by atoms with Crippen molar-refractivity contribution in [2.45, 2.75) is 26.2 Å². The highest BCUT2D eigenvalue weighted by atomic mass is 32.1. The summed E-state index contributed by atoms with van der Waals surface area (Å²) in [6.45, 7) is 2.60. The smallest absolute Gasteiger partial charge is 0.255 e. The number of nitrogens with zero attached hydrogens (tertiary/aromatic N) is 3. The van der Waals surface area contributed by atoms with Crippen LogP contribution < -0.4 is 4.74 Å². The van der Waals surface area contributed by atoms with Crippen molar-refractivity contribution in [3.63, 3.8) is 0 Å². The van der Waals surface area contributed by atoms with Crippen molar-refractivity contribution < 1.29 is 23.9 Å². The van der Waals surface area contributed by atoms with Crippen LogP contribution >= 0.6 is 11.3 Å². The van der Waals surface area contributed by atoms with Gasteiger partial charge in [-0.2, -0.15) is 0 Å². The lowest BCUT2D eigenvalue weighted by molar-refractivity contribution is -0.132. The largest absolute Gasteiger partial charge is 0.497 e. The van der Waals surface area contributed by atoms with Crippen molar-refractivity contribution in [3.8, 4) is 5.75 Å². The number of rotatable bonds is 8. The Labute approximate surface area is 208 Å². The number of thiophene rings is 1. The Balaban J connectivity index is 1.54. The van der Waals surface area contributed by atoms with Crippen molar-refractivity contribution in [1.29, 1.82) is 0 Å². The number of Topliss-reactive ketones (excluding diaryl/α,β-unsaturated/α-hetero) is 1. The molecule has 0 aliphatic carbocycles. The van der Waals surface area contributed by atoms with Gasteiger partial charge in [0.25, 0.3) is 5.91 Å². The summed E-state index contributed by atoms with van der Waals surface area (Å²) in [6, 6.07) is 14.7. The number of hydrogen-bond acceptors (Lipinski definition) is 7. The van der Waals surface area contributed by atoms with Crippen LogP contribution in [0.5, 0.6) is 5.75 Å². The van der Waals surface area contributed by atoms with E-state index in [0.29, 0.717) is 30.1 Å². The lowest BCUT2D eigenvalue weighted by atomic mass is 10.2. The molecule has 35 heavy (non-hydrogen) atoms. The molecule has 1 aliphatic heterocycles. The van der Waals surface area contributed by atoms with Crippen LogP contribution in [-0.4, -0.2) is 65.2 Å². The predicted molar refractivity (Wildman–Crippen MR) is 131 cm³/mol. The number of methoxy groups -OCH3 is 1. The maximum atomic E-state index is 13.3. The zero-order valence-electron chi connectivity index (χ0n) is 19.7. The zero-order valence-corrected chi connectivity index (χ0v) is 20.5. The van der Waals surface area contributed by atoms with Crippen LogP contribution in [0.25, 0.3) is 0 Å². The number of carbonyl (C=O) groups is 3. The van der Waals surface area contributed by atoms with E-state index in [9.17, 15) is 14.4 Å². The van der Waals surface area contributed by atoms with E-state index < -0.39 is 6.10 Å². The zero-order chi connectivity index (χ0) is 24.8. The Morgan fingerprint density at radius 3 is 2.71 bits per heavy atom. The number of hydrogen-bond donors (Lipinski definition) is 0. The Kier molecular flexibility index (Phi) is 7.89. The average molecular weight is 494 g/mol. The Bertz CT molecular complexity index is 1200. The van der Waals surface area contributed by atoms with Gasteiger partial charge >= 0.3 is 0 Å². The predicted octanol–water partition coefficient (Wildman–Crippen LogP) is 3.42. The lowest BCUT2D eigenvalue weighted by Crippen LogP contribution is -2.39. The number of aromatic nitrogens is 1. The number of ketones is 1. The van der Waals surface area contributed by atoms with E-state index in [1.165, 1.54) is 23.2 Å². The van der Waals surface area contributed by atoms with Crippen molar-refractivity contribution in [3.05, 3.63) is 81.8 Å². The topological polar surface area (TPSA) is 89.0 Å². The van der Waals surface area contributed by atoms with Crippen molar-refractivity contribution in [2.24, 2.45) is 0 Å². The first-order chi connectivity index (χ1) is 16.9. The fourth-order valence-corrected chi connectivity index (χ4v) is 4.65. The first-order valence-corrected chi connectivity index (χ1v) is 12.1. The van der Waals surface area contributed by atoms with Crippen molar-refractivity contribution in [2.75, 3.05) is 26.7 Å². The molecule has 9 heteroatoms. The van der Waals surface area contributed by atoms with Gasteiger partial charge in [0.05, 0.1) is 42.5 Å². The van der Waals surface area contributed by atoms with E-state index in [1.807, 2.05) is 42.5 Å². The molecular weight excluding hydrogens is 466 g/mol. The third kappa shape index (κ3) is 6.32. The second-order valence-electron chi connectivity index (χ2n) is 8.32. The summed E-state index contributed by atoms with van der Waals surface area (Å²) >= 11 is 1.23. The monoisotopic (exact) mass is 493 g/mol. The lowest BCUT2D eigenvalue weighted by Gasteiger charge is -2.24. The summed E-state index contributed by atoms with van der Waals surface area (Å²) in [5.41, 5.74) is 2.09. The highest BCUT2D eigenvalue weighted by molar-refractivity contribution is 7.12. The molecule has 4 rings (SSSR count). The Morgan fingerprint density at radius 2 is 2.00 bits per heavy atom. The first-order valence-electron chi connectivity index (χ1n) is 11.2. The van der Waals surface area contributed by atoms with Gasteiger partial charge in [0.2, 0.25) is 5.91 Å². The number of benzene rings is 1. The van der Waals surface area contributed by atoms with Crippen molar-refractivity contribution in [1.82, 2.24) is 14.8 Å². The summed E-state index contributed by atoms with van der Waals surface area (Å²) in [5, 5.41) is 1.66. The van der Waals surface area contributed by atoms with Gasteiger partial charge in [-0.1, -0.05) is 18.2 Å². The highest BCUT2D eigenvalue weighted by Gasteiger charge is 2.32. The van der Waals surface area contributed by atoms with Crippen LogP contribution in [0.15, 0.2) is 60.1 Å². The molecule has 1 saturated heterocycles. The molecular formula is C26H27N3O5S. The van der Waals surface area contributed by atoms with E-state index in [-0.39, 0.29) is 30.7 Å². The summed E-state index contributed by atoms with van der Waals surface area (Å²) in [7, 11) is 1.61. The molecule has 8 nitrogen and oxygen atoms in total. The number of carbonyl (C=O) groups excluding carboxylic acids is 3. The van der Waals surface area contributed by atoms with Crippen LogP contribution in [0.2, 0.25) is 0 Å². The summed E-state index contributed by atoms with van der Waals surface area (Å²) in [6.07, 6.45) is 1.28. The van der Waals surface area contributed by atoms with Gasteiger partial charge in [0.1, 0.15) is 12.3 Å². The van der Waals surface area contributed by atoms with E-state index in [0.717, 1.165) is 17.0 Å². The van der Waals surface area contributed by atoms with E-state index in [2.05, 4.69) is 4.98 Å². The molecule has 182 valence electrons. The molecule has 1 atom stereocenters. The second-order valence-corrected chi connectivity index (χ2v) is 9.23. The fraction of sp³-hybridized carbons (Fsp3) is 0.308. The van der Waals surface area contributed by atoms with Crippen LogP contribution in [0.3, 0.4) is 0 Å². The first kappa shape index (κ1) is 24.6. The van der Waals surface area contributed by atoms with Crippen LogP contribution in [0.1, 0.15) is 38.2 Å². The molecule has 2 amide bonds. The molecule has 0 unspecified atom stereocenters. The maximum absolute atomic E-state index is 13.3. The standard InChI is InChI=1S/C26H27N3O5S/c1-18(30)24-11-20(17-35-24)26(32)29-14-23(34-16-19-6-5-8-22(10-19)33-2)13-28(25(31)15-29)12-21-7-3-4-9-27-21/h3-11,17,23H,12-16H2,1-2H3/t23-/m1/s1. The van der Waals surface area contributed by atoms with Crippen LogP contribution in [0.4, 0.5) is 0 Å². The summed E-state index contributed by atoms with van der Waals surface area (Å²) in [5.74, 6) is 0.159. The molecule has 0 spiro atoms. The number of pyridine rings is 1. The number of ether oxygens (including phenoxy) is 2. The third-order valence-electron chi connectivity index (χ3n) is 5.71. The van der Waals surface area contributed by atoms with E-state index in [1.54, 1.807) is 29.7 Å². The number of amides is 2.